The van der Waals surface area contributed by atoms with Crippen LogP contribution in [0.4, 0.5) is 13.2 Å². The summed E-state index contributed by atoms with van der Waals surface area (Å²) in [6.45, 7) is 0. The Labute approximate surface area is 95.8 Å². The van der Waals surface area contributed by atoms with E-state index < -0.39 is 15.6 Å². The van der Waals surface area contributed by atoms with Gasteiger partial charge < -0.3 is 4.55 Å². The summed E-state index contributed by atoms with van der Waals surface area (Å²) < 4.78 is 61.0. The summed E-state index contributed by atoms with van der Waals surface area (Å²) in [5.74, 6) is 0. The van der Waals surface area contributed by atoms with Crippen LogP contribution >= 0.6 is 0 Å². The van der Waals surface area contributed by atoms with Crippen LogP contribution in [0.2, 0.25) is 0 Å². The first-order chi connectivity index (χ1) is 7.72. The zero-order chi connectivity index (χ0) is 13.1. The number of hydrogen-bond acceptors (Lipinski definition) is 3. The Hall–Kier alpha value is -1.41. The molecule has 0 aromatic carbocycles. The molecule has 1 aliphatic heterocycles. The number of hydrogen-bond donors (Lipinski definition) is 0. The third-order valence-electron chi connectivity index (χ3n) is 1.85. The molecule has 1 aromatic heterocycles. The average molecular weight is 267 g/mol. The van der Waals surface area contributed by atoms with Crippen LogP contribution in [0.5, 0.6) is 0 Å². The zero-order valence-corrected chi connectivity index (χ0v) is 9.20. The molecule has 0 N–H and O–H groups in total. The number of aromatic nitrogens is 1. The van der Waals surface area contributed by atoms with Crippen molar-refractivity contribution in [2.24, 2.45) is 0 Å². The molecule has 0 amide bonds. The second kappa shape index (κ2) is 4.84. The quantitative estimate of drug-likeness (QED) is 0.401. The van der Waals surface area contributed by atoms with Crippen LogP contribution in [0.25, 0.3) is 6.20 Å². The SMILES string of the molecule is C1=C[n+]2ccccc2C1.O=S(=O)([O-])C(F)(F)F. The molecule has 1 aliphatic rings. The van der Waals surface area contributed by atoms with E-state index in [2.05, 4.69) is 35.2 Å². The first kappa shape index (κ1) is 13.7. The molecular weight excluding hydrogens is 259 g/mol. The Balaban J connectivity index is 0.000000172. The second-order valence-corrected chi connectivity index (χ2v) is 4.46. The number of halogens is 3. The summed E-state index contributed by atoms with van der Waals surface area (Å²) in [4.78, 5) is 0. The fourth-order valence-corrected chi connectivity index (χ4v) is 1.10. The Kier molecular flexibility index (Phi) is 3.89. The maximum atomic E-state index is 10.7. The molecule has 0 saturated heterocycles. The Morgan fingerprint density at radius 2 is 1.88 bits per heavy atom. The Bertz CT molecular complexity index is 523. The molecule has 0 unspecified atom stereocenters. The van der Waals surface area contributed by atoms with Crippen molar-refractivity contribution in [1.82, 2.24) is 0 Å². The normalized spacial score (nSPS) is 13.9. The van der Waals surface area contributed by atoms with Gasteiger partial charge in [-0.05, 0) is 6.08 Å². The molecule has 1 aromatic rings. The van der Waals surface area contributed by atoms with Crippen LogP contribution in [-0.2, 0) is 16.5 Å². The maximum Gasteiger partial charge on any atom is 0.485 e. The van der Waals surface area contributed by atoms with E-state index in [9.17, 15) is 13.2 Å². The summed E-state index contributed by atoms with van der Waals surface area (Å²) in [6.07, 6.45) is 7.41. The number of pyridine rings is 1. The highest BCUT2D eigenvalue weighted by atomic mass is 32.2. The van der Waals surface area contributed by atoms with E-state index >= 15 is 0 Å². The van der Waals surface area contributed by atoms with E-state index in [-0.39, 0.29) is 0 Å². The molecule has 0 fully saturated rings. The standard InChI is InChI=1S/C8H8N.CHF3O3S/c1-2-6-9-7-3-5-8(9)4-1;2-1(3,4)8(5,6)7/h1-4,6-7H,5H2;(H,5,6,7)/q+1;/p-1. The number of rotatable bonds is 0. The van der Waals surface area contributed by atoms with Crippen molar-refractivity contribution in [1.29, 1.82) is 0 Å². The van der Waals surface area contributed by atoms with Gasteiger partial charge in [0.25, 0.3) is 0 Å². The lowest BCUT2D eigenvalue weighted by molar-refractivity contribution is -0.571. The minimum Gasteiger partial charge on any atom is -0.741 e. The molecule has 0 atom stereocenters. The zero-order valence-electron chi connectivity index (χ0n) is 8.39. The molecule has 0 aliphatic carbocycles. The first-order valence-electron chi connectivity index (χ1n) is 4.39. The summed E-state index contributed by atoms with van der Waals surface area (Å²) in [7, 11) is -6.09. The molecule has 0 radical (unpaired) electrons. The fourth-order valence-electron chi connectivity index (χ4n) is 1.10. The number of nitrogens with zero attached hydrogens (tertiary/aromatic N) is 1. The molecule has 4 nitrogen and oxygen atoms in total. The lowest BCUT2D eigenvalue weighted by Crippen LogP contribution is -2.26. The van der Waals surface area contributed by atoms with Crippen molar-refractivity contribution in [3.05, 3.63) is 36.2 Å². The monoisotopic (exact) mass is 267 g/mol. The van der Waals surface area contributed by atoms with Gasteiger partial charge >= 0.3 is 5.51 Å². The molecule has 0 saturated carbocycles. The largest absolute Gasteiger partial charge is 0.741 e. The third-order valence-corrected chi connectivity index (χ3v) is 2.42. The number of alkyl halides is 3. The van der Waals surface area contributed by atoms with Gasteiger partial charge in [0, 0.05) is 12.1 Å². The predicted molar refractivity (Wildman–Crippen MR) is 51.4 cm³/mol. The van der Waals surface area contributed by atoms with Gasteiger partial charge in [0.05, 0.1) is 6.42 Å². The molecule has 0 spiro atoms. The van der Waals surface area contributed by atoms with Crippen molar-refractivity contribution in [2.45, 2.75) is 11.9 Å². The highest BCUT2D eigenvalue weighted by Crippen LogP contribution is 2.20. The third kappa shape index (κ3) is 3.82. The van der Waals surface area contributed by atoms with Gasteiger partial charge in [0.2, 0.25) is 0 Å². The second-order valence-electron chi connectivity index (χ2n) is 3.09. The van der Waals surface area contributed by atoms with E-state index in [0.717, 1.165) is 6.42 Å². The summed E-state index contributed by atoms with van der Waals surface area (Å²) >= 11 is 0. The number of fused-ring (bicyclic) bond motifs is 1. The molecule has 8 heteroatoms. The molecule has 2 heterocycles. The van der Waals surface area contributed by atoms with Crippen molar-refractivity contribution < 1.29 is 30.7 Å². The summed E-state index contributed by atoms with van der Waals surface area (Å²) in [6, 6.07) is 6.25. The van der Waals surface area contributed by atoms with E-state index in [4.69, 9.17) is 13.0 Å². The average Bonchev–Trinajstić information content (AvgIpc) is 2.62. The van der Waals surface area contributed by atoms with Gasteiger partial charge in [-0.25, -0.2) is 8.42 Å². The lowest BCUT2D eigenvalue weighted by Gasteiger charge is -2.08. The number of allylic oxidation sites excluding steroid dienone is 1. The van der Waals surface area contributed by atoms with E-state index in [0.29, 0.717) is 0 Å². The summed E-state index contributed by atoms with van der Waals surface area (Å²) in [5.41, 5.74) is -4.27. The van der Waals surface area contributed by atoms with Crippen LogP contribution in [0.3, 0.4) is 0 Å². The smallest absolute Gasteiger partial charge is 0.485 e. The van der Waals surface area contributed by atoms with Crippen LogP contribution < -0.4 is 4.57 Å². The molecular formula is C9H8F3NO3S. The molecule has 94 valence electrons. The van der Waals surface area contributed by atoms with Gasteiger partial charge in [0.15, 0.2) is 28.2 Å². The van der Waals surface area contributed by atoms with Crippen molar-refractivity contribution in [2.75, 3.05) is 0 Å². The van der Waals surface area contributed by atoms with Crippen LogP contribution in [0, 0.1) is 0 Å². The van der Waals surface area contributed by atoms with Gasteiger partial charge in [0.1, 0.15) is 0 Å². The summed E-state index contributed by atoms with van der Waals surface area (Å²) in [5, 5.41) is 0. The van der Waals surface area contributed by atoms with Crippen LogP contribution in [0.1, 0.15) is 5.69 Å². The Morgan fingerprint density at radius 1 is 1.29 bits per heavy atom. The van der Waals surface area contributed by atoms with Gasteiger partial charge in [-0.3, -0.25) is 0 Å². The maximum absolute atomic E-state index is 10.7. The van der Waals surface area contributed by atoms with E-state index in [1.165, 1.54) is 5.69 Å². The lowest BCUT2D eigenvalue weighted by atomic mass is 10.3. The van der Waals surface area contributed by atoms with Crippen LogP contribution in [0.15, 0.2) is 30.5 Å². The van der Waals surface area contributed by atoms with E-state index in [1.54, 1.807) is 0 Å². The Morgan fingerprint density at radius 3 is 2.35 bits per heavy atom. The van der Waals surface area contributed by atoms with Gasteiger partial charge in [-0.1, -0.05) is 6.07 Å². The topological polar surface area (TPSA) is 61.1 Å². The van der Waals surface area contributed by atoms with Crippen molar-refractivity contribution in [3.63, 3.8) is 0 Å². The minimum atomic E-state index is -6.09. The van der Waals surface area contributed by atoms with Gasteiger partial charge in [-0.2, -0.15) is 17.7 Å². The molecule has 2 rings (SSSR count). The molecule has 17 heavy (non-hydrogen) atoms. The van der Waals surface area contributed by atoms with Gasteiger partial charge in [-0.15, -0.1) is 0 Å². The van der Waals surface area contributed by atoms with Crippen LogP contribution in [-0.4, -0.2) is 18.5 Å². The molecule has 0 bridgehead atoms. The van der Waals surface area contributed by atoms with E-state index in [1.807, 2.05) is 6.07 Å². The van der Waals surface area contributed by atoms with Crippen molar-refractivity contribution >= 4 is 16.3 Å². The highest BCUT2D eigenvalue weighted by molar-refractivity contribution is 7.86. The first-order valence-corrected chi connectivity index (χ1v) is 5.80. The predicted octanol–water partition coefficient (Wildman–Crippen LogP) is 1.05. The highest BCUT2D eigenvalue weighted by Gasteiger charge is 2.36. The van der Waals surface area contributed by atoms with Crippen molar-refractivity contribution in [3.8, 4) is 0 Å². The fraction of sp³-hybridized carbons (Fsp3) is 0.222. The minimum absolute atomic E-state index is 1.08.